The molecule has 2 aromatic carbocycles. The second kappa shape index (κ2) is 8.53. The Morgan fingerprint density at radius 2 is 1.83 bits per heavy atom. The third-order valence-corrected chi connectivity index (χ3v) is 4.89. The molecule has 30 heavy (non-hydrogen) atoms. The van der Waals surface area contributed by atoms with Crippen molar-refractivity contribution >= 4 is 23.3 Å². The molecule has 0 aliphatic carbocycles. The second-order valence-electron chi connectivity index (χ2n) is 7.54. The molecule has 1 N–H and O–H groups in total. The second-order valence-corrected chi connectivity index (χ2v) is 7.54. The molecule has 0 fully saturated rings. The number of carbonyl (C=O) groups excluding carboxylic acids is 3. The summed E-state index contributed by atoms with van der Waals surface area (Å²) in [4.78, 5) is 39.4. The van der Waals surface area contributed by atoms with Crippen LogP contribution in [0.25, 0.3) is 0 Å². The molecule has 0 saturated carbocycles. The minimum absolute atomic E-state index is 0.0725. The van der Waals surface area contributed by atoms with Crippen LogP contribution in [0.15, 0.2) is 59.9 Å². The Balaban J connectivity index is 2.12. The van der Waals surface area contributed by atoms with Gasteiger partial charge in [0.1, 0.15) is 0 Å². The normalized spacial score (nSPS) is 16.4. The van der Waals surface area contributed by atoms with Crippen molar-refractivity contribution in [3.63, 3.8) is 0 Å². The number of aliphatic hydroxyl groups excluding tert-OH is 1. The van der Waals surface area contributed by atoms with Crippen LogP contribution < -0.4 is 4.90 Å². The molecular formula is C24H25NO5. The third kappa shape index (κ3) is 3.99. The summed E-state index contributed by atoms with van der Waals surface area (Å²) in [5, 5.41) is 10.6. The number of hydrogen-bond acceptors (Lipinski definition) is 5. The van der Waals surface area contributed by atoms with E-state index in [1.807, 2.05) is 31.2 Å². The van der Waals surface area contributed by atoms with Gasteiger partial charge in [-0.05, 0) is 44.5 Å². The first-order chi connectivity index (χ1) is 14.2. The number of anilines is 1. The van der Waals surface area contributed by atoms with Gasteiger partial charge in [-0.3, -0.25) is 14.5 Å². The van der Waals surface area contributed by atoms with Crippen molar-refractivity contribution in [2.24, 2.45) is 0 Å². The highest BCUT2D eigenvalue weighted by Crippen LogP contribution is 2.41. The zero-order chi connectivity index (χ0) is 22.0. The van der Waals surface area contributed by atoms with Crippen LogP contribution in [0.2, 0.25) is 0 Å². The minimum Gasteiger partial charge on any atom is -0.503 e. The van der Waals surface area contributed by atoms with Gasteiger partial charge in [0, 0.05) is 12.1 Å². The number of amides is 1. The van der Waals surface area contributed by atoms with Gasteiger partial charge >= 0.3 is 5.97 Å². The number of aryl methyl sites for hydroxylation is 1. The number of benzene rings is 2. The van der Waals surface area contributed by atoms with Gasteiger partial charge in [-0.2, -0.15) is 0 Å². The Morgan fingerprint density at radius 3 is 2.47 bits per heavy atom. The Hall–Kier alpha value is -3.41. The summed E-state index contributed by atoms with van der Waals surface area (Å²) >= 11 is 0. The summed E-state index contributed by atoms with van der Waals surface area (Å²) < 4.78 is 5.25. The zero-order valence-electron chi connectivity index (χ0n) is 17.5. The predicted molar refractivity (Wildman–Crippen MR) is 113 cm³/mol. The van der Waals surface area contributed by atoms with Crippen LogP contribution in [-0.4, -0.2) is 28.9 Å². The smallest absolute Gasteiger partial charge is 0.338 e. The largest absolute Gasteiger partial charge is 0.503 e. The maximum absolute atomic E-state index is 13.0. The molecule has 6 nitrogen and oxygen atoms in total. The fraction of sp³-hybridized carbons (Fsp3) is 0.292. The van der Waals surface area contributed by atoms with Crippen molar-refractivity contribution in [3.05, 3.63) is 76.6 Å². The number of nitrogens with zero attached hydrogens (tertiary/aromatic N) is 1. The van der Waals surface area contributed by atoms with Crippen LogP contribution in [0.1, 0.15) is 54.7 Å². The summed E-state index contributed by atoms with van der Waals surface area (Å²) in [6, 6.07) is 13.1. The van der Waals surface area contributed by atoms with Crippen molar-refractivity contribution in [2.45, 2.75) is 46.3 Å². The predicted octanol–water partition coefficient (Wildman–Crippen LogP) is 4.44. The Bertz CT molecular complexity index is 1040. The van der Waals surface area contributed by atoms with E-state index in [9.17, 15) is 19.5 Å². The number of carbonyl (C=O) groups is 3. The summed E-state index contributed by atoms with van der Waals surface area (Å²) in [5.74, 6) is -2.03. The van der Waals surface area contributed by atoms with Gasteiger partial charge in [-0.25, -0.2) is 4.79 Å². The van der Waals surface area contributed by atoms with Crippen LogP contribution in [0.3, 0.4) is 0 Å². The molecule has 0 spiro atoms. The molecule has 0 aromatic heterocycles. The topological polar surface area (TPSA) is 83.9 Å². The zero-order valence-corrected chi connectivity index (χ0v) is 17.5. The molecule has 1 amide bonds. The first kappa shape index (κ1) is 21.3. The van der Waals surface area contributed by atoms with Crippen LogP contribution >= 0.6 is 0 Å². The molecule has 0 bridgehead atoms. The molecule has 1 heterocycles. The molecule has 156 valence electrons. The number of Topliss-reactive ketones (excluding diaryl/α,β-unsaturated/α-hetero) is 1. The monoisotopic (exact) mass is 407 g/mol. The maximum Gasteiger partial charge on any atom is 0.338 e. The fourth-order valence-electron chi connectivity index (χ4n) is 3.57. The highest BCUT2D eigenvalue weighted by atomic mass is 16.5. The SMILES string of the molecule is CCC(=O)C1=C(O)C(=O)N(c2cccc(C(=O)OC(C)C)c2)C1c1cccc(C)c1. The first-order valence-electron chi connectivity index (χ1n) is 9.92. The molecule has 1 unspecified atom stereocenters. The van der Waals surface area contributed by atoms with Gasteiger partial charge in [0.05, 0.1) is 23.3 Å². The van der Waals surface area contributed by atoms with Gasteiger partial charge in [0.25, 0.3) is 5.91 Å². The molecule has 6 heteroatoms. The van der Waals surface area contributed by atoms with Crippen LogP contribution in [0, 0.1) is 6.92 Å². The van der Waals surface area contributed by atoms with E-state index < -0.39 is 23.7 Å². The van der Waals surface area contributed by atoms with Gasteiger partial charge in [0.15, 0.2) is 11.5 Å². The van der Waals surface area contributed by atoms with Crippen molar-refractivity contribution in [3.8, 4) is 0 Å². The van der Waals surface area contributed by atoms with E-state index in [4.69, 9.17) is 4.74 Å². The van der Waals surface area contributed by atoms with Crippen LogP contribution in [0.4, 0.5) is 5.69 Å². The Kier molecular flexibility index (Phi) is 6.06. The lowest BCUT2D eigenvalue weighted by Crippen LogP contribution is -2.31. The number of rotatable bonds is 6. The van der Waals surface area contributed by atoms with Gasteiger partial charge in [-0.15, -0.1) is 0 Å². The van der Waals surface area contributed by atoms with E-state index in [1.54, 1.807) is 39.0 Å². The van der Waals surface area contributed by atoms with Crippen LogP contribution in [0.5, 0.6) is 0 Å². The van der Waals surface area contributed by atoms with E-state index in [1.165, 1.54) is 11.0 Å². The van der Waals surface area contributed by atoms with Crippen molar-refractivity contribution in [2.75, 3.05) is 4.90 Å². The molecular weight excluding hydrogens is 382 g/mol. The Morgan fingerprint density at radius 1 is 1.13 bits per heavy atom. The molecule has 1 aliphatic heterocycles. The van der Waals surface area contributed by atoms with Crippen molar-refractivity contribution in [1.82, 2.24) is 0 Å². The highest BCUT2D eigenvalue weighted by molar-refractivity contribution is 6.16. The van der Waals surface area contributed by atoms with Gasteiger partial charge in [-0.1, -0.05) is 42.8 Å². The number of ketones is 1. The Labute approximate surface area is 175 Å². The van der Waals surface area contributed by atoms with E-state index in [0.29, 0.717) is 11.3 Å². The molecule has 2 aromatic rings. The summed E-state index contributed by atoms with van der Waals surface area (Å²) in [7, 11) is 0. The fourth-order valence-corrected chi connectivity index (χ4v) is 3.57. The third-order valence-electron chi connectivity index (χ3n) is 4.89. The van der Waals surface area contributed by atoms with Crippen LogP contribution in [-0.2, 0) is 14.3 Å². The summed E-state index contributed by atoms with van der Waals surface area (Å²) in [6.45, 7) is 7.11. The number of hydrogen-bond donors (Lipinski definition) is 1. The molecule has 0 radical (unpaired) electrons. The molecule has 0 saturated heterocycles. The lowest BCUT2D eigenvalue weighted by molar-refractivity contribution is -0.118. The summed E-state index contributed by atoms with van der Waals surface area (Å²) in [5.41, 5.74) is 2.42. The van der Waals surface area contributed by atoms with E-state index in [0.717, 1.165) is 5.56 Å². The standard InChI is InChI=1S/C24H25NO5/c1-5-19(26)20-21(16-9-6-8-15(4)12-16)25(23(28)22(20)27)18-11-7-10-17(13-18)24(29)30-14(2)3/h6-14,21,27H,5H2,1-4H3. The van der Waals surface area contributed by atoms with E-state index in [2.05, 4.69) is 0 Å². The van der Waals surface area contributed by atoms with E-state index >= 15 is 0 Å². The molecule has 1 aliphatic rings. The summed E-state index contributed by atoms with van der Waals surface area (Å²) in [6.07, 6.45) is -0.127. The molecule has 3 rings (SSSR count). The first-order valence-corrected chi connectivity index (χ1v) is 9.92. The highest BCUT2D eigenvalue weighted by Gasteiger charge is 2.44. The number of aliphatic hydroxyl groups is 1. The van der Waals surface area contributed by atoms with Crippen molar-refractivity contribution < 1.29 is 24.2 Å². The average molecular weight is 407 g/mol. The van der Waals surface area contributed by atoms with E-state index in [-0.39, 0.29) is 29.4 Å². The van der Waals surface area contributed by atoms with Gasteiger partial charge in [0.2, 0.25) is 0 Å². The maximum atomic E-state index is 13.0. The van der Waals surface area contributed by atoms with Gasteiger partial charge < -0.3 is 9.84 Å². The minimum atomic E-state index is -0.777. The lowest BCUT2D eigenvalue weighted by atomic mass is 9.94. The average Bonchev–Trinajstić information content (AvgIpc) is 2.98. The molecule has 1 atom stereocenters. The lowest BCUT2D eigenvalue weighted by Gasteiger charge is -2.27. The quantitative estimate of drug-likeness (QED) is 0.716. The van der Waals surface area contributed by atoms with Crippen molar-refractivity contribution in [1.29, 1.82) is 0 Å². The number of ether oxygens (including phenoxy) is 1. The number of esters is 1.